The number of para-hydroxylation sites is 1. The van der Waals surface area contributed by atoms with Gasteiger partial charge < -0.3 is 4.74 Å². The van der Waals surface area contributed by atoms with Crippen LogP contribution < -0.4 is 4.74 Å². The second kappa shape index (κ2) is 9.09. The zero-order valence-electron chi connectivity index (χ0n) is 11.0. The molecule has 1 nitrogen and oxygen atoms in total. The maximum atomic E-state index is 5.73. The second-order valence-corrected chi connectivity index (χ2v) is 4.61. The van der Waals surface area contributed by atoms with Gasteiger partial charge in [-0.3, -0.25) is 0 Å². The first kappa shape index (κ1) is 14.1. The lowest BCUT2D eigenvalue weighted by Gasteiger charge is -2.14. The summed E-state index contributed by atoms with van der Waals surface area (Å²) in [5, 5.41) is 0. The highest BCUT2D eigenvalue weighted by atomic mass is 16.5. The van der Waals surface area contributed by atoms with Crippen LogP contribution in [0, 0.1) is 6.92 Å². The van der Waals surface area contributed by atoms with Crippen molar-refractivity contribution in [2.24, 2.45) is 0 Å². The van der Waals surface area contributed by atoms with Crippen molar-refractivity contribution in [3.63, 3.8) is 0 Å². The Labute approximate surface area is 106 Å². The molecule has 0 saturated carbocycles. The van der Waals surface area contributed by atoms with E-state index in [1.54, 1.807) is 0 Å². The largest absolute Gasteiger partial charge is 0.490 e. The van der Waals surface area contributed by atoms with Crippen LogP contribution in [0.25, 0.3) is 0 Å². The van der Waals surface area contributed by atoms with E-state index in [2.05, 4.69) is 13.8 Å². The monoisotopic (exact) mass is 233 g/mol. The zero-order valence-corrected chi connectivity index (χ0v) is 11.0. The van der Waals surface area contributed by atoms with E-state index in [-0.39, 0.29) is 6.10 Å². The summed E-state index contributed by atoms with van der Waals surface area (Å²) in [7, 11) is 0. The summed E-state index contributed by atoms with van der Waals surface area (Å²) in [6.45, 7) is 6.29. The Hall–Kier alpha value is -0.980. The standard InChI is InChI=1S/C16H25O/c1-3-4-5-6-7-9-12-15(2)17-16-13-10-8-11-14-16/h8,10-11,13-15H,2-7,9,12H2,1H3. The van der Waals surface area contributed by atoms with Gasteiger partial charge in [0.25, 0.3) is 0 Å². The summed E-state index contributed by atoms with van der Waals surface area (Å²) in [5.74, 6) is 0.929. The Kier molecular flexibility index (Phi) is 7.53. The highest BCUT2D eigenvalue weighted by molar-refractivity contribution is 5.21. The molecule has 0 amide bonds. The summed E-state index contributed by atoms with van der Waals surface area (Å²) in [6.07, 6.45) is 9.09. The van der Waals surface area contributed by atoms with Crippen LogP contribution in [0.2, 0.25) is 0 Å². The Morgan fingerprint density at radius 2 is 1.65 bits per heavy atom. The third-order valence-electron chi connectivity index (χ3n) is 2.93. The summed E-state index contributed by atoms with van der Waals surface area (Å²) in [6, 6.07) is 9.96. The summed E-state index contributed by atoms with van der Waals surface area (Å²) in [5.41, 5.74) is 0. The zero-order chi connectivity index (χ0) is 12.3. The van der Waals surface area contributed by atoms with Crippen LogP contribution in [-0.2, 0) is 0 Å². The lowest BCUT2D eigenvalue weighted by atomic mass is 10.1. The third-order valence-corrected chi connectivity index (χ3v) is 2.93. The van der Waals surface area contributed by atoms with Crippen molar-refractivity contribution < 1.29 is 4.74 Å². The van der Waals surface area contributed by atoms with Crippen molar-refractivity contribution in [2.45, 2.75) is 58.0 Å². The minimum atomic E-state index is 0.0866. The summed E-state index contributed by atoms with van der Waals surface area (Å²) >= 11 is 0. The van der Waals surface area contributed by atoms with Gasteiger partial charge in [0, 0.05) is 0 Å². The molecule has 1 aromatic carbocycles. The molecule has 17 heavy (non-hydrogen) atoms. The average molecular weight is 233 g/mol. The lowest BCUT2D eigenvalue weighted by Crippen LogP contribution is -2.11. The number of benzene rings is 1. The average Bonchev–Trinajstić information content (AvgIpc) is 2.35. The molecule has 0 heterocycles. The number of rotatable bonds is 9. The molecule has 1 atom stereocenters. The van der Waals surface area contributed by atoms with Gasteiger partial charge in [-0.25, -0.2) is 0 Å². The molecule has 1 rings (SSSR count). The fraction of sp³-hybridized carbons (Fsp3) is 0.562. The minimum absolute atomic E-state index is 0.0866. The fourth-order valence-electron chi connectivity index (χ4n) is 1.90. The Morgan fingerprint density at radius 1 is 1.00 bits per heavy atom. The van der Waals surface area contributed by atoms with Crippen LogP contribution >= 0.6 is 0 Å². The Morgan fingerprint density at radius 3 is 2.35 bits per heavy atom. The van der Waals surface area contributed by atoms with E-state index in [1.807, 2.05) is 30.3 Å². The minimum Gasteiger partial charge on any atom is -0.490 e. The van der Waals surface area contributed by atoms with Gasteiger partial charge in [0.15, 0.2) is 0 Å². The summed E-state index contributed by atoms with van der Waals surface area (Å²) < 4.78 is 5.73. The van der Waals surface area contributed by atoms with E-state index in [0.717, 1.165) is 12.2 Å². The molecule has 0 spiro atoms. The topological polar surface area (TPSA) is 9.23 Å². The van der Waals surface area contributed by atoms with Crippen LogP contribution in [0.15, 0.2) is 30.3 Å². The Balaban J connectivity index is 2.03. The SMILES string of the molecule is [CH2]C(CCCCCCCC)Oc1ccccc1. The van der Waals surface area contributed by atoms with Crippen molar-refractivity contribution in [1.29, 1.82) is 0 Å². The molecule has 1 unspecified atom stereocenters. The molecule has 0 fully saturated rings. The van der Waals surface area contributed by atoms with Gasteiger partial charge in [-0.15, -0.1) is 0 Å². The molecule has 95 valence electrons. The number of unbranched alkanes of at least 4 members (excludes halogenated alkanes) is 5. The van der Waals surface area contributed by atoms with Crippen LogP contribution in [0.5, 0.6) is 5.75 Å². The van der Waals surface area contributed by atoms with Crippen molar-refractivity contribution in [3.8, 4) is 5.75 Å². The first-order valence-corrected chi connectivity index (χ1v) is 6.87. The molecule has 1 heteroatoms. The maximum Gasteiger partial charge on any atom is 0.119 e. The van der Waals surface area contributed by atoms with Gasteiger partial charge >= 0.3 is 0 Å². The lowest BCUT2D eigenvalue weighted by molar-refractivity contribution is 0.231. The molecular formula is C16H25O. The third kappa shape index (κ3) is 7.04. The first-order valence-electron chi connectivity index (χ1n) is 6.87. The molecule has 0 N–H and O–H groups in total. The first-order chi connectivity index (χ1) is 8.33. The van der Waals surface area contributed by atoms with Crippen LogP contribution in [0.1, 0.15) is 51.9 Å². The molecule has 0 aliphatic carbocycles. The van der Waals surface area contributed by atoms with Gasteiger partial charge in [-0.1, -0.05) is 57.2 Å². The van der Waals surface area contributed by atoms with Gasteiger partial charge in [0.1, 0.15) is 5.75 Å². The highest BCUT2D eigenvalue weighted by Gasteiger charge is 2.03. The van der Waals surface area contributed by atoms with E-state index in [1.165, 1.54) is 38.5 Å². The van der Waals surface area contributed by atoms with Crippen LogP contribution in [0.4, 0.5) is 0 Å². The van der Waals surface area contributed by atoms with E-state index >= 15 is 0 Å². The summed E-state index contributed by atoms with van der Waals surface area (Å²) in [4.78, 5) is 0. The van der Waals surface area contributed by atoms with Gasteiger partial charge in [-0.2, -0.15) is 0 Å². The normalized spacial score (nSPS) is 12.4. The van der Waals surface area contributed by atoms with Crippen molar-refractivity contribution in [2.75, 3.05) is 0 Å². The van der Waals surface area contributed by atoms with E-state index in [0.29, 0.717) is 0 Å². The predicted molar refractivity (Wildman–Crippen MR) is 74.2 cm³/mol. The fourth-order valence-corrected chi connectivity index (χ4v) is 1.90. The van der Waals surface area contributed by atoms with Crippen molar-refractivity contribution >= 4 is 0 Å². The molecule has 0 aliphatic rings. The molecular weight excluding hydrogens is 208 g/mol. The van der Waals surface area contributed by atoms with E-state index in [9.17, 15) is 0 Å². The second-order valence-electron chi connectivity index (χ2n) is 4.61. The Bertz CT molecular complexity index is 268. The molecule has 1 radical (unpaired) electrons. The molecule has 0 aromatic heterocycles. The molecule has 0 bridgehead atoms. The van der Waals surface area contributed by atoms with Crippen molar-refractivity contribution in [1.82, 2.24) is 0 Å². The molecule has 0 aliphatic heterocycles. The van der Waals surface area contributed by atoms with Gasteiger partial charge in [-0.05, 0) is 31.9 Å². The van der Waals surface area contributed by atoms with Crippen LogP contribution in [-0.4, -0.2) is 6.10 Å². The van der Waals surface area contributed by atoms with Crippen LogP contribution in [0.3, 0.4) is 0 Å². The predicted octanol–water partition coefficient (Wildman–Crippen LogP) is 5.02. The molecule has 0 saturated heterocycles. The van der Waals surface area contributed by atoms with Crippen molar-refractivity contribution in [3.05, 3.63) is 37.3 Å². The highest BCUT2D eigenvalue weighted by Crippen LogP contribution is 2.14. The number of hydrogen-bond acceptors (Lipinski definition) is 1. The number of ether oxygens (including phenoxy) is 1. The van der Waals surface area contributed by atoms with E-state index in [4.69, 9.17) is 4.74 Å². The maximum absolute atomic E-state index is 5.73. The molecule has 1 aromatic rings. The smallest absolute Gasteiger partial charge is 0.119 e. The quantitative estimate of drug-likeness (QED) is 0.544. The van der Waals surface area contributed by atoms with Gasteiger partial charge in [0.2, 0.25) is 0 Å². The van der Waals surface area contributed by atoms with Gasteiger partial charge in [0.05, 0.1) is 6.10 Å². The van der Waals surface area contributed by atoms with E-state index < -0.39 is 0 Å². The number of hydrogen-bond donors (Lipinski definition) is 0.